The van der Waals surface area contributed by atoms with Crippen molar-refractivity contribution in [2.24, 2.45) is 0 Å². The van der Waals surface area contributed by atoms with Crippen LogP contribution < -0.4 is 5.32 Å². The van der Waals surface area contributed by atoms with Crippen LogP contribution in [-0.4, -0.2) is 23.7 Å². The van der Waals surface area contributed by atoms with Crippen LogP contribution in [0.5, 0.6) is 0 Å². The van der Waals surface area contributed by atoms with Gasteiger partial charge in [0.2, 0.25) is 0 Å². The lowest BCUT2D eigenvalue weighted by Crippen LogP contribution is -2.27. The number of carbonyl (C=O) groups is 1. The monoisotopic (exact) mass is 369 g/mol. The van der Waals surface area contributed by atoms with Gasteiger partial charge in [0.1, 0.15) is 5.78 Å². The number of ketones is 1. The van der Waals surface area contributed by atoms with Crippen molar-refractivity contribution < 1.29 is 4.79 Å². The van der Waals surface area contributed by atoms with Crippen molar-refractivity contribution in [2.75, 3.05) is 13.1 Å². The molecule has 0 heterocycles. The second-order valence-electron chi connectivity index (χ2n) is 6.20. The minimum absolute atomic E-state index is 0.0763. The maximum absolute atomic E-state index is 11.1. The fourth-order valence-electron chi connectivity index (χ4n) is 1.94. The Bertz CT molecular complexity index is 417. The van der Waals surface area contributed by atoms with E-state index in [-0.39, 0.29) is 10.6 Å². The number of alkyl halides is 1. The minimum atomic E-state index is -0.0763. The van der Waals surface area contributed by atoms with Crippen LogP contribution in [0.4, 0.5) is 0 Å². The lowest BCUT2D eigenvalue weighted by Gasteiger charge is -2.06. The number of hydrogen-bond donors (Lipinski definition) is 1. The molecular formula is C19H32BrNO. The minimum Gasteiger partial charge on any atom is -0.312 e. The van der Waals surface area contributed by atoms with Gasteiger partial charge >= 0.3 is 0 Å². The molecule has 0 amide bonds. The molecule has 0 aromatic heterocycles. The third-order valence-electron chi connectivity index (χ3n) is 3.48. The average molecular weight is 370 g/mol. The molecule has 0 saturated heterocycles. The van der Waals surface area contributed by atoms with Crippen LogP contribution in [-0.2, 0) is 4.79 Å². The number of Topliss-reactive ketones (excluding diaryl/α,β-unsaturated/α-hetero) is 1. The lowest BCUT2D eigenvalue weighted by atomic mass is 10.1. The first-order valence-electron chi connectivity index (χ1n) is 8.12. The number of halogens is 1. The normalized spacial score (nSPS) is 13.9. The summed E-state index contributed by atoms with van der Waals surface area (Å²) in [5, 5.41) is 3.27. The van der Waals surface area contributed by atoms with Crippen molar-refractivity contribution in [1.82, 2.24) is 5.32 Å². The molecule has 0 aromatic carbocycles. The molecule has 0 aliphatic heterocycles. The van der Waals surface area contributed by atoms with E-state index < -0.39 is 0 Å². The van der Waals surface area contributed by atoms with Crippen LogP contribution in [0.25, 0.3) is 0 Å². The molecule has 0 aliphatic rings. The van der Waals surface area contributed by atoms with Gasteiger partial charge in [-0.15, -0.1) is 0 Å². The maximum atomic E-state index is 11.1. The fourth-order valence-corrected chi connectivity index (χ4v) is 2.17. The molecule has 22 heavy (non-hydrogen) atoms. The van der Waals surface area contributed by atoms with Gasteiger partial charge in [-0.25, -0.2) is 0 Å². The zero-order valence-electron chi connectivity index (χ0n) is 14.8. The molecule has 1 N–H and O–H groups in total. The zero-order chi connectivity index (χ0) is 17.0. The van der Waals surface area contributed by atoms with Gasteiger partial charge in [0, 0.05) is 13.1 Å². The van der Waals surface area contributed by atoms with Crippen LogP contribution in [0.2, 0.25) is 0 Å². The number of allylic oxidation sites excluding steroid dienone is 5. The zero-order valence-corrected chi connectivity index (χ0v) is 16.4. The lowest BCUT2D eigenvalue weighted by molar-refractivity contribution is -0.116. The van der Waals surface area contributed by atoms with Gasteiger partial charge in [-0.2, -0.15) is 0 Å². The molecule has 0 radical (unpaired) electrons. The van der Waals surface area contributed by atoms with Gasteiger partial charge in [0.25, 0.3) is 0 Å². The molecule has 1 atom stereocenters. The van der Waals surface area contributed by atoms with Gasteiger partial charge in [0.05, 0.1) is 4.83 Å². The third kappa shape index (κ3) is 13.0. The number of rotatable bonds is 11. The highest BCUT2D eigenvalue weighted by Gasteiger charge is 2.07. The van der Waals surface area contributed by atoms with Crippen molar-refractivity contribution in [3.8, 4) is 0 Å². The molecule has 3 heteroatoms. The summed E-state index contributed by atoms with van der Waals surface area (Å²) >= 11 is 3.35. The van der Waals surface area contributed by atoms with Gasteiger partial charge < -0.3 is 5.32 Å². The van der Waals surface area contributed by atoms with E-state index in [9.17, 15) is 4.79 Å². The summed E-state index contributed by atoms with van der Waals surface area (Å²) in [7, 11) is 0. The Morgan fingerprint density at radius 2 is 1.50 bits per heavy atom. The first kappa shape index (κ1) is 21.3. The number of carbonyl (C=O) groups excluding carboxylic acids is 1. The van der Waals surface area contributed by atoms with E-state index in [0.29, 0.717) is 6.54 Å². The molecule has 0 saturated carbocycles. The molecule has 0 spiro atoms. The summed E-state index contributed by atoms with van der Waals surface area (Å²) in [5.74, 6) is 0.168. The Morgan fingerprint density at radius 1 is 0.955 bits per heavy atom. The summed E-state index contributed by atoms with van der Waals surface area (Å²) in [4.78, 5) is 11.0. The van der Waals surface area contributed by atoms with Crippen molar-refractivity contribution in [3.63, 3.8) is 0 Å². The van der Waals surface area contributed by atoms with E-state index in [2.05, 4.69) is 67.2 Å². The largest absolute Gasteiger partial charge is 0.312 e. The number of nitrogens with one attached hydrogen (secondary N) is 1. The van der Waals surface area contributed by atoms with Gasteiger partial charge in [-0.05, 0) is 60.3 Å². The van der Waals surface area contributed by atoms with Crippen molar-refractivity contribution in [1.29, 1.82) is 0 Å². The summed E-state index contributed by atoms with van der Waals surface area (Å²) in [6, 6.07) is 0. The quantitative estimate of drug-likeness (QED) is 0.302. The van der Waals surface area contributed by atoms with E-state index in [1.807, 2.05) is 0 Å². The molecule has 0 fully saturated rings. The van der Waals surface area contributed by atoms with E-state index in [0.717, 1.165) is 32.2 Å². The number of hydrogen-bond acceptors (Lipinski definition) is 2. The third-order valence-corrected chi connectivity index (χ3v) is 4.45. The van der Waals surface area contributed by atoms with E-state index >= 15 is 0 Å². The van der Waals surface area contributed by atoms with Gasteiger partial charge in [-0.3, -0.25) is 4.79 Å². The molecule has 0 aliphatic carbocycles. The molecule has 0 aromatic rings. The Hall–Kier alpha value is -0.670. The molecular weight excluding hydrogens is 338 g/mol. The standard InChI is InChI=1S/C19H32BrNO/c1-15(2)8-6-9-16(3)10-7-11-17(4)12-13-21-14-19(20)18(5)22/h8,10,12,19,21H,6-7,9,11,13-14H2,1-5H3/b16-10+,17-12+/t19-/m0/s1. The van der Waals surface area contributed by atoms with E-state index in [1.165, 1.54) is 16.7 Å². The maximum Gasteiger partial charge on any atom is 0.144 e. The molecule has 0 unspecified atom stereocenters. The highest BCUT2D eigenvalue weighted by molar-refractivity contribution is 9.10. The Kier molecular flexibility index (Phi) is 12.4. The first-order valence-corrected chi connectivity index (χ1v) is 9.04. The summed E-state index contributed by atoms with van der Waals surface area (Å²) in [6.45, 7) is 11.8. The summed E-state index contributed by atoms with van der Waals surface area (Å²) in [6.07, 6.45) is 11.4. The Morgan fingerprint density at radius 3 is 2.05 bits per heavy atom. The molecule has 126 valence electrons. The van der Waals surface area contributed by atoms with Crippen LogP contribution in [0.1, 0.15) is 60.3 Å². The second-order valence-corrected chi connectivity index (χ2v) is 7.30. The second kappa shape index (κ2) is 12.8. The molecule has 2 nitrogen and oxygen atoms in total. The molecule has 0 rings (SSSR count). The predicted molar refractivity (Wildman–Crippen MR) is 102 cm³/mol. The predicted octanol–water partition coefficient (Wildman–Crippen LogP) is 5.35. The SMILES string of the molecule is CC(=O)[C@@H](Br)CNC/C=C(\C)CC/C=C(\C)CCC=C(C)C. The van der Waals surface area contributed by atoms with Crippen LogP contribution in [0.3, 0.4) is 0 Å². The molecule has 0 bridgehead atoms. The fraction of sp³-hybridized carbons (Fsp3) is 0.632. The topological polar surface area (TPSA) is 29.1 Å². The summed E-state index contributed by atoms with van der Waals surface area (Å²) < 4.78 is 0. The van der Waals surface area contributed by atoms with E-state index in [4.69, 9.17) is 0 Å². The Labute approximate surface area is 145 Å². The average Bonchev–Trinajstić information content (AvgIpc) is 2.42. The van der Waals surface area contributed by atoms with Gasteiger partial charge in [0.15, 0.2) is 0 Å². The van der Waals surface area contributed by atoms with E-state index in [1.54, 1.807) is 6.92 Å². The van der Waals surface area contributed by atoms with Crippen LogP contribution in [0.15, 0.2) is 34.9 Å². The highest BCUT2D eigenvalue weighted by atomic mass is 79.9. The van der Waals surface area contributed by atoms with Gasteiger partial charge in [-0.1, -0.05) is 50.9 Å². The highest BCUT2D eigenvalue weighted by Crippen LogP contribution is 2.11. The smallest absolute Gasteiger partial charge is 0.144 e. The Balaban J connectivity index is 3.87. The van der Waals surface area contributed by atoms with Crippen LogP contribution in [0, 0.1) is 0 Å². The van der Waals surface area contributed by atoms with Crippen molar-refractivity contribution >= 4 is 21.7 Å². The first-order chi connectivity index (χ1) is 10.3. The van der Waals surface area contributed by atoms with Crippen molar-refractivity contribution in [3.05, 3.63) is 34.9 Å². The van der Waals surface area contributed by atoms with Crippen LogP contribution >= 0.6 is 15.9 Å². The summed E-state index contributed by atoms with van der Waals surface area (Å²) in [5.41, 5.74) is 4.27. The van der Waals surface area contributed by atoms with Crippen molar-refractivity contribution in [2.45, 2.75) is 65.1 Å².